The van der Waals surface area contributed by atoms with Crippen molar-refractivity contribution in [3.63, 3.8) is 0 Å². The number of aliphatic imine (C=N–C) groups is 1. The van der Waals surface area contributed by atoms with Crippen LogP contribution in [0.1, 0.15) is 50.4 Å². The fraction of sp³-hybridized carbons (Fsp3) is 0.320. The van der Waals surface area contributed by atoms with Crippen LogP contribution in [-0.2, 0) is 15.1 Å². The van der Waals surface area contributed by atoms with E-state index in [1.807, 2.05) is 55.5 Å². The highest BCUT2D eigenvalue weighted by atomic mass is 35.5. The number of carbonyl (C=O) groups is 1. The van der Waals surface area contributed by atoms with Gasteiger partial charge >= 0.3 is 5.97 Å². The highest BCUT2D eigenvalue weighted by Gasteiger charge is 2.53. The van der Waals surface area contributed by atoms with Gasteiger partial charge in [0.1, 0.15) is 10.4 Å². The Kier molecular flexibility index (Phi) is 6.07. The normalized spacial score (nSPS) is 22.1. The van der Waals surface area contributed by atoms with Gasteiger partial charge in [-0.3, -0.25) is 0 Å². The minimum atomic E-state index is -0.621. The molecule has 2 aromatic rings. The summed E-state index contributed by atoms with van der Waals surface area (Å²) in [4.78, 5) is 20.7. The van der Waals surface area contributed by atoms with Gasteiger partial charge in [0.25, 0.3) is 0 Å². The topological polar surface area (TPSA) is 65.7 Å². The molecule has 2 atom stereocenters. The van der Waals surface area contributed by atoms with E-state index in [1.165, 1.54) is 11.8 Å². The molecule has 0 aromatic heterocycles. The lowest BCUT2D eigenvalue weighted by atomic mass is 9.81. The molecule has 0 unspecified atom stereocenters. The molecule has 0 saturated heterocycles. The molecule has 164 valence electrons. The first-order chi connectivity index (χ1) is 15.3. The van der Waals surface area contributed by atoms with Gasteiger partial charge in [-0.1, -0.05) is 49.7 Å². The SMILES string of the molecule is CCOC(=O)C1=C(C(C)C)N2C(=N[C@@](C)(c3ccc(C#N)cc3)[C@H]2c2ccc(Cl)cc2)S1. The van der Waals surface area contributed by atoms with Gasteiger partial charge in [0.2, 0.25) is 0 Å². The fourth-order valence-electron chi connectivity index (χ4n) is 4.35. The van der Waals surface area contributed by atoms with Gasteiger partial charge in [-0.25, -0.2) is 9.79 Å². The van der Waals surface area contributed by atoms with E-state index in [0.29, 0.717) is 22.1 Å². The Morgan fingerprint density at radius 3 is 2.47 bits per heavy atom. The van der Waals surface area contributed by atoms with Gasteiger partial charge in [0, 0.05) is 10.7 Å². The lowest BCUT2D eigenvalue weighted by Crippen LogP contribution is -2.36. The van der Waals surface area contributed by atoms with E-state index in [2.05, 4.69) is 31.7 Å². The van der Waals surface area contributed by atoms with Crippen LogP contribution in [0.4, 0.5) is 0 Å². The van der Waals surface area contributed by atoms with E-state index >= 15 is 0 Å². The summed E-state index contributed by atoms with van der Waals surface area (Å²) < 4.78 is 5.34. The van der Waals surface area contributed by atoms with E-state index in [-0.39, 0.29) is 17.9 Å². The van der Waals surface area contributed by atoms with Gasteiger partial charge in [-0.05, 0) is 66.9 Å². The van der Waals surface area contributed by atoms with E-state index < -0.39 is 5.54 Å². The summed E-state index contributed by atoms with van der Waals surface area (Å²) in [5, 5.41) is 10.7. The Morgan fingerprint density at radius 1 is 1.25 bits per heavy atom. The number of hydrogen-bond acceptors (Lipinski definition) is 6. The van der Waals surface area contributed by atoms with Crippen LogP contribution in [-0.4, -0.2) is 22.6 Å². The number of thioether (sulfide) groups is 1. The lowest BCUT2D eigenvalue weighted by Gasteiger charge is -2.37. The number of esters is 1. The zero-order valence-electron chi connectivity index (χ0n) is 18.4. The third-order valence-electron chi connectivity index (χ3n) is 5.80. The molecule has 0 N–H and O–H groups in total. The first-order valence-electron chi connectivity index (χ1n) is 10.5. The summed E-state index contributed by atoms with van der Waals surface area (Å²) >= 11 is 7.56. The predicted octanol–water partition coefficient (Wildman–Crippen LogP) is 6.02. The number of nitriles is 1. The molecule has 2 aliphatic rings. The second-order valence-electron chi connectivity index (χ2n) is 8.25. The van der Waals surface area contributed by atoms with E-state index in [1.54, 1.807) is 0 Å². The Labute approximate surface area is 197 Å². The second-order valence-corrected chi connectivity index (χ2v) is 9.66. The minimum Gasteiger partial charge on any atom is -0.462 e. The number of amidine groups is 1. The summed E-state index contributed by atoms with van der Waals surface area (Å²) in [6.07, 6.45) is 0. The Hall–Kier alpha value is -2.75. The first-order valence-corrected chi connectivity index (χ1v) is 11.7. The van der Waals surface area contributed by atoms with Crippen molar-refractivity contribution in [2.75, 3.05) is 6.61 Å². The fourth-order valence-corrected chi connectivity index (χ4v) is 5.78. The van der Waals surface area contributed by atoms with Crippen LogP contribution < -0.4 is 0 Å². The number of benzene rings is 2. The summed E-state index contributed by atoms with van der Waals surface area (Å²) in [6, 6.07) is 17.3. The number of allylic oxidation sites excluding steroid dienone is 1. The van der Waals surface area contributed by atoms with Crippen molar-refractivity contribution in [2.45, 2.75) is 39.3 Å². The molecule has 2 aromatic carbocycles. The third-order valence-corrected chi connectivity index (χ3v) is 7.10. The van der Waals surface area contributed by atoms with E-state index in [9.17, 15) is 10.1 Å². The highest BCUT2D eigenvalue weighted by Crippen LogP contribution is 2.56. The van der Waals surface area contributed by atoms with E-state index in [0.717, 1.165) is 22.0 Å². The molecule has 2 heterocycles. The number of fused-ring (bicyclic) bond motifs is 1. The van der Waals surface area contributed by atoms with Crippen molar-refractivity contribution in [3.05, 3.63) is 80.8 Å². The minimum absolute atomic E-state index is 0.0905. The van der Waals surface area contributed by atoms with Gasteiger partial charge in [-0.2, -0.15) is 5.26 Å². The van der Waals surface area contributed by atoms with Gasteiger partial charge < -0.3 is 9.64 Å². The maximum Gasteiger partial charge on any atom is 0.346 e. The molecule has 2 aliphatic heterocycles. The van der Waals surface area contributed by atoms with Crippen LogP contribution in [0.25, 0.3) is 0 Å². The predicted molar refractivity (Wildman–Crippen MR) is 128 cm³/mol. The summed E-state index contributed by atoms with van der Waals surface area (Å²) in [7, 11) is 0. The van der Waals surface area contributed by atoms with Crippen LogP contribution in [0.5, 0.6) is 0 Å². The van der Waals surface area contributed by atoms with Crippen LogP contribution in [0.15, 0.2) is 64.1 Å². The van der Waals surface area contributed by atoms with Crippen molar-refractivity contribution in [2.24, 2.45) is 10.9 Å². The largest absolute Gasteiger partial charge is 0.462 e. The smallest absolute Gasteiger partial charge is 0.346 e. The number of hydrogen-bond donors (Lipinski definition) is 0. The number of halogens is 1. The quantitative estimate of drug-likeness (QED) is 0.505. The third kappa shape index (κ3) is 3.70. The summed E-state index contributed by atoms with van der Waals surface area (Å²) in [5.41, 5.74) is 2.95. The number of ether oxygens (including phenoxy) is 1. The number of nitrogens with zero attached hydrogens (tertiary/aromatic N) is 3. The molecule has 0 amide bonds. The molecular formula is C25H24ClN3O2S. The second kappa shape index (κ2) is 8.65. The van der Waals surface area contributed by atoms with Crippen molar-refractivity contribution < 1.29 is 9.53 Å². The average Bonchev–Trinajstić information content (AvgIpc) is 3.27. The zero-order chi connectivity index (χ0) is 23.0. The van der Waals surface area contributed by atoms with E-state index in [4.69, 9.17) is 21.3 Å². The lowest BCUT2D eigenvalue weighted by molar-refractivity contribution is -0.137. The maximum atomic E-state index is 12.8. The van der Waals surface area contributed by atoms with Crippen LogP contribution in [0.2, 0.25) is 5.02 Å². The Balaban J connectivity index is 1.88. The van der Waals surface area contributed by atoms with Crippen LogP contribution in [0, 0.1) is 17.2 Å². The van der Waals surface area contributed by atoms with Crippen molar-refractivity contribution >= 4 is 34.5 Å². The van der Waals surface area contributed by atoms with Gasteiger partial charge in [0.15, 0.2) is 5.17 Å². The standard InChI is InChI=1S/C25H24ClN3O2S/c1-5-31-23(30)21-20(15(2)3)29-22(17-8-12-19(26)13-9-17)25(4,28-24(29)32-21)18-10-6-16(14-27)7-11-18/h6-13,15,22H,5H2,1-4H3/t22-,25+/m1/s1. The molecule has 0 fully saturated rings. The van der Waals surface area contributed by atoms with Crippen LogP contribution >= 0.6 is 23.4 Å². The van der Waals surface area contributed by atoms with Crippen molar-refractivity contribution in [1.29, 1.82) is 5.26 Å². The first kappa shape index (κ1) is 22.4. The molecule has 0 aliphatic carbocycles. The molecule has 7 heteroatoms. The van der Waals surface area contributed by atoms with Gasteiger partial charge in [-0.15, -0.1) is 0 Å². The number of carbonyl (C=O) groups excluding carboxylic acids is 1. The monoisotopic (exact) mass is 465 g/mol. The Bertz CT molecular complexity index is 1150. The molecular weight excluding hydrogens is 442 g/mol. The number of rotatable bonds is 5. The molecule has 4 rings (SSSR count). The van der Waals surface area contributed by atoms with Crippen LogP contribution in [0.3, 0.4) is 0 Å². The highest BCUT2D eigenvalue weighted by molar-refractivity contribution is 8.18. The summed E-state index contributed by atoms with van der Waals surface area (Å²) in [6.45, 7) is 8.39. The summed E-state index contributed by atoms with van der Waals surface area (Å²) in [5.74, 6) is -0.221. The molecule has 0 spiro atoms. The molecule has 5 nitrogen and oxygen atoms in total. The van der Waals surface area contributed by atoms with Crippen molar-refractivity contribution in [1.82, 2.24) is 4.90 Å². The molecule has 0 radical (unpaired) electrons. The average molecular weight is 466 g/mol. The molecule has 0 bridgehead atoms. The molecule has 32 heavy (non-hydrogen) atoms. The molecule has 0 saturated carbocycles. The Morgan fingerprint density at radius 2 is 1.91 bits per heavy atom. The van der Waals surface area contributed by atoms with Gasteiger partial charge in [0.05, 0.1) is 24.3 Å². The van der Waals surface area contributed by atoms with Crippen molar-refractivity contribution in [3.8, 4) is 6.07 Å². The maximum absolute atomic E-state index is 12.8. The zero-order valence-corrected chi connectivity index (χ0v) is 20.0.